The fourth-order valence-electron chi connectivity index (χ4n) is 11.1. The molecular weight excluding hydrogens is 512 g/mol. The van der Waals surface area contributed by atoms with E-state index in [1.165, 1.54) is 14.2 Å². The van der Waals surface area contributed by atoms with Crippen LogP contribution in [0.5, 0.6) is 0 Å². The predicted octanol–water partition coefficient (Wildman–Crippen LogP) is 3.39. The third-order valence-electron chi connectivity index (χ3n) is 13.7. The Morgan fingerprint density at radius 1 is 0.875 bits per heavy atom. The lowest BCUT2D eigenvalue weighted by molar-refractivity contribution is -0.253. The minimum atomic E-state index is -1.59. The number of aliphatic hydroxyl groups excluding tert-OH is 4. The van der Waals surface area contributed by atoms with Crippen LogP contribution in [0.1, 0.15) is 86.0 Å². The summed E-state index contributed by atoms with van der Waals surface area (Å²) in [6, 6.07) is 0. The molecule has 0 aromatic rings. The molecule has 0 radical (unpaired) electrons. The van der Waals surface area contributed by atoms with Gasteiger partial charge in [-0.3, -0.25) is 9.59 Å². The first kappa shape index (κ1) is 30.0. The van der Waals surface area contributed by atoms with Crippen LogP contribution in [0.4, 0.5) is 0 Å². The van der Waals surface area contributed by atoms with Gasteiger partial charge in [-0.15, -0.1) is 0 Å². The van der Waals surface area contributed by atoms with Crippen molar-refractivity contribution in [1.82, 2.24) is 0 Å². The second-order valence-corrected chi connectivity index (χ2v) is 15.3. The summed E-state index contributed by atoms with van der Waals surface area (Å²) in [7, 11) is 2.71. The molecule has 0 heterocycles. The highest BCUT2D eigenvalue weighted by atomic mass is 16.5. The number of fused-ring (bicyclic) bond motifs is 7. The van der Waals surface area contributed by atoms with E-state index in [1.807, 2.05) is 0 Å². The molecule has 4 fully saturated rings. The Labute approximate surface area is 238 Å². The first-order valence-corrected chi connectivity index (χ1v) is 15.1. The topological polar surface area (TPSA) is 134 Å². The average Bonchev–Trinajstić information content (AvgIpc) is 2.91. The quantitative estimate of drug-likeness (QED) is 0.304. The molecule has 0 saturated heterocycles. The molecule has 0 aromatic heterocycles. The Morgan fingerprint density at radius 3 is 2.10 bits per heavy atom. The van der Waals surface area contributed by atoms with Crippen LogP contribution in [0.2, 0.25) is 0 Å². The molecule has 0 aromatic carbocycles. The van der Waals surface area contributed by atoms with E-state index < -0.39 is 47.1 Å². The van der Waals surface area contributed by atoms with E-state index in [-0.39, 0.29) is 40.0 Å². The van der Waals surface area contributed by atoms with Crippen LogP contribution >= 0.6 is 0 Å². The normalized spacial score (nSPS) is 51.2. The highest BCUT2D eigenvalue weighted by molar-refractivity contribution is 5.79. The molecule has 4 N–H and O–H groups in total. The van der Waals surface area contributed by atoms with Gasteiger partial charge < -0.3 is 29.9 Å². The van der Waals surface area contributed by atoms with Crippen LogP contribution in [0.15, 0.2) is 11.6 Å². The molecule has 226 valence electrons. The lowest BCUT2D eigenvalue weighted by Gasteiger charge is -2.71. The lowest BCUT2D eigenvalue weighted by atomic mass is 9.33. The highest BCUT2D eigenvalue weighted by Gasteiger charge is 2.73. The largest absolute Gasteiger partial charge is 0.469 e. The van der Waals surface area contributed by atoms with E-state index in [1.54, 1.807) is 0 Å². The van der Waals surface area contributed by atoms with Gasteiger partial charge in [0.1, 0.15) is 5.41 Å². The molecule has 0 amide bonds. The molecule has 0 unspecified atom stereocenters. The number of carbonyl (C=O) groups excluding carboxylic acids is 2. The maximum absolute atomic E-state index is 13.4. The number of carbonyl (C=O) groups is 2. The number of hydrogen-bond donors (Lipinski definition) is 4. The fourth-order valence-corrected chi connectivity index (χ4v) is 11.1. The summed E-state index contributed by atoms with van der Waals surface area (Å²) in [4.78, 5) is 26.7. The Balaban J connectivity index is 1.65. The third-order valence-corrected chi connectivity index (χ3v) is 13.7. The molecule has 5 aliphatic rings. The van der Waals surface area contributed by atoms with Gasteiger partial charge in [0.25, 0.3) is 0 Å². The highest BCUT2D eigenvalue weighted by Crippen LogP contribution is 2.76. The van der Waals surface area contributed by atoms with Crippen LogP contribution in [0.25, 0.3) is 0 Å². The molecule has 4 saturated carbocycles. The van der Waals surface area contributed by atoms with Gasteiger partial charge in [-0.2, -0.15) is 0 Å². The molecule has 5 rings (SSSR count). The molecule has 0 spiro atoms. The van der Waals surface area contributed by atoms with Crippen molar-refractivity contribution in [2.75, 3.05) is 20.8 Å². The summed E-state index contributed by atoms with van der Waals surface area (Å²) < 4.78 is 10.5. The third kappa shape index (κ3) is 3.39. The number of aliphatic hydroxyl groups is 4. The monoisotopic (exact) mass is 562 g/mol. The second-order valence-electron chi connectivity index (χ2n) is 15.3. The fraction of sp³-hybridized carbons (Fsp3) is 0.875. The lowest BCUT2D eigenvalue weighted by Crippen LogP contribution is -2.71. The zero-order chi connectivity index (χ0) is 29.7. The van der Waals surface area contributed by atoms with E-state index in [9.17, 15) is 30.0 Å². The summed E-state index contributed by atoms with van der Waals surface area (Å²) in [6.07, 6.45) is 4.16. The molecule has 40 heavy (non-hydrogen) atoms. The maximum atomic E-state index is 13.4. The molecule has 11 atom stereocenters. The van der Waals surface area contributed by atoms with Gasteiger partial charge in [0.2, 0.25) is 0 Å². The van der Waals surface area contributed by atoms with Crippen LogP contribution in [0, 0.1) is 50.2 Å². The summed E-state index contributed by atoms with van der Waals surface area (Å²) in [5.74, 6) is -1.56. The zero-order valence-electron chi connectivity index (χ0n) is 25.3. The first-order valence-electron chi connectivity index (χ1n) is 15.1. The molecular formula is C32H50O8. The van der Waals surface area contributed by atoms with Crippen LogP contribution < -0.4 is 0 Å². The van der Waals surface area contributed by atoms with Crippen molar-refractivity contribution in [1.29, 1.82) is 0 Å². The Hall–Kier alpha value is -1.48. The molecule has 0 aliphatic heterocycles. The van der Waals surface area contributed by atoms with Gasteiger partial charge in [0.05, 0.1) is 44.6 Å². The van der Waals surface area contributed by atoms with Gasteiger partial charge in [-0.1, -0.05) is 46.3 Å². The zero-order valence-corrected chi connectivity index (χ0v) is 25.3. The molecule has 0 bridgehead atoms. The SMILES string of the molecule is COC(=O)[C@]12CCC(C)(C)[C@@H](O)[C@H]1C1=CC[C@@H]3[C@@]4(C)C[C@@H](O)[C@H](O)[C@@](CO)(C(=O)OC)[C@@H]4CC[C@@]3(C)[C@]1(C)CC2. The van der Waals surface area contributed by atoms with E-state index in [0.717, 1.165) is 24.8 Å². The van der Waals surface area contributed by atoms with Crippen molar-refractivity contribution in [3.05, 3.63) is 11.6 Å². The minimum Gasteiger partial charge on any atom is -0.469 e. The maximum Gasteiger partial charge on any atom is 0.317 e. The first-order chi connectivity index (χ1) is 18.6. The predicted molar refractivity (Wildman–Crippen MR) is 148 cm³/mol. The number of methoxy groups -OCH3 is 2. The Bertz CT molecular complexity index is 1100. The van der Waals surface area contributed by atoms with Crippen molar-refractivity contribution in [2.24, 2.45) is 50.2 Å². The van der Waals surface area contributed by atoms with Crippen molar-refractivity contribution in [2.45, 2.75) is 104 Å². The number of hydrogen-bond acceptors (Lipinski definition) is 8. The van der Waals surface area contributed by atoms with Gasteiger partial charge >= 0.3 is 11.9 Å². The summed E-state index contributed by atoms with van der Waals surface area (Å²) in [6.45, 7) is 10.3. The molecule has 5 aliphatic carbocycles. The molecule has 8 nitrogen and oxygen atoms in total. The molecule has 8 heteroatoms. The minimum absolute atomic E-state index is 0.0459. The van der Waals surface area contributed by atoms with Crippen molar-refractivity contribution >= 4 is 11.9 Å². The number of allylic oxidation sites excluding steroid dienone is 1. The Kier molecular flexibility index (Phi) is 6.94. The number of ether oxygens (including phenoxy) is 2. The van der Waals surface area contributed by atoms with Crippen molar-refractivity contribution < 1.29 is 39.5 Å². The van der Waals surface area contributed by atoms with E-state index in [4.69, 9.17) is 9.47 Å². The van der Waals surface area contributed by atoms with E-state index in [2.05, 4.69) is 40.7 Å². The average molecular weight is 563 g/mol. The van der Waals surface area contributed by atoms with Gasteiger partial charge in [-0.25, -0.2) is 0 Å². The summed E-state index contributed by atoms with van der Waals surface area (Å²) >= 11 is 0. The van der Waals surface area contributed by atoms with Crippen LogP contribution in [-0.4, -0.2) is 71.5 Å². The summed E-state index contributed by atoms with van der Waals surface area (Å²) in [5.41, 5.74) is -2.67. The van der Waals surface area contributed by atoms with E-state index in [0.29, 0.717) is 32.1 Å². The Morgan fingerprint density at radius 2 is 1.50 bits per heavy atom. The number of rotatable bonds is 3. The van der Waals surface area contributed by atoms with Crippen LogP contribution in [-0.2, 0) is 19.1 Å². The second kappa shape index (κ2) is 9.26. The van der Waals surface area contributed by atoms with Crippen LogP contribution in [0.3, 0.4) is 0 Å². The van der Waals surface area contributed by atoms with Gasteiger partial charge in [-0.05, 0) is 84.9 Å². The summed E-state index contributed by atoms with van der Waals surface area (Å²) in [5, 5.41) is 44.8. The van der Waals surface area contributed by atoms with Gasteiger partial charge in [0, 0.05) is 5.92 Å². The number of esters is 2. The van der Waals surface area contributed by atoms with Crippen molar-refractivity contribution in [3.8, 4) is 0 Å². The van der Waals surface area contributed by atoms with Crippen molar-refractivity contribution in [3.63, 3.8) is 0 Å². The van der Waals surface area contributed by atoms with E-state index >= 15 is 0 Å². The van der Waals surface area contributed by atoms with Gasteiger partial charge in [0.15, 0.2) is 0 Å². The smallest absolute Gasteiger partial charge is 0.317 e. The standard InChI is InChI=1S/C32H50O8/c1-27(2)12-14-31(25(37)39-6)15-13-29(4)18(22(31)24(27)36)8-9-20-28(3)16-19(34)23(35)32(17-33,26(38)40-7)21(28)10-11-30(20,29)5/h8,19-24,33-36H,9-17H2,1-7H3/t19-,20-,21-,22-,23+,24+,28-,29-,30-,31+,32+/m1/s1.